The van der Waals surface area contributed by atoms with Crippen LogP contribution < -0.4 is 0 Å². The molecule has 1 aliphatic rings. The summed E-state index contributed by atoms with van der Waals surface area (Å²) >= 11 is 0. The molecule has 1 aliphatic heterocycles. The van der Waals surface area contributed by atoms with Gasteiger partial charge in [-0.05, 0) is 18.6 Å². The molecular weight excluding hydrogens is 234 g/mol. The number of carbonyl (C=O) groups is 1. The first-order chi connectivity index (χ1) is 8.38. The molecule has 0 saturated carbocycles. The van der Waals surface area contributed by atoms with Crippen LogP contribution in [-0.2, 0) is 6.54 Å². The Bertz CT molecular complexity index is 438. The molecule has 2 heterocycles. The highest BCUT2D eigenvalue weighted by Gasteiger charge is 2.34. The fourth-order valence-electron chi connectivity index (χ4n) is 2.39. The summed E-state index contributed by atoms with van der Waals surface area (Å²) in [6.07, 6.45) is 0.458. The Morgan fingerprint density at radius 2 is 2.28 bits per heavy atom. The lowest BCUT2D eigenvalue weighted by atomic mass is 9.81. The Morgan fingerprint density at radius 3 is 2.83 bits per heavy atom. The van der Waals surface area contributed by atoms with Crippen LogP contribution in [0.3, 0.4) is 0 Å². The monoisotopic (exact) mass is 253 g/mol. The molecule has 0 spiro atoms. The zero-order valence-corrected chi connectivity index (χ0v) is 10.7. The van der Waals surface area contributed by atoms with Crippen molar-refractivity contribution in [2.45, 2.75) is 32.9 Å². The van der Waals surface area contributed by atoms with Gasteiger partial charge < -0.3 is 14.6 Å². The summed E-state index contributed by atoms with van der Waals surface area (Å²) in [6, 6.07) is 3.17. The van der Waals surface area contributed by atoms with Gasteiger partial charge in [0.1, 0.15) is 5.76 Å². The average molecular weight is 253 g/mol. The van der Waals surface area contributed by atoms with Gasteiger partial charge in [0.25, 0.3) is 0 Å². The molecule has 2 rings (SSSR count). The van der Waals surface area contributed by atoms with Crippen molar-refractivity contribution < 1.29 is 19.4 Å². The lowest BCUT2D eigenvalue weighted by molar-refractivity contribution is -0.0287. The van der Waals surface area contributed by atoms with Crippen LogP contribution in [0.1, 0.15) is 36.6 Å². The van der Waals surface area contributed by atoms with Gasteiger partial charge in [0.05, 0.1) is 12.6 Å². The lowest BCUT2D eigenvalue weighted by Gasteiger charge is -2.41. The number of hydrogen-bond acceptors (Lipinski definition) is 4. The molecule has 2 N–H and O–H groups in total. The quantitative estimate of drug-likeness (QED) is 0.855. The number of nitrogens with zero attached hydrogens (tertiary/aromatic N) is 1. The largest absolute Gasteiger partial charge is 0.475 e. The van der Waals surface area contributed by atoms with Crippen molar-refractivity contribution in [3.05, 3.63) is 23.7 Å². The van der Waals surface area contributed by atoms with Crippen molar-refractivity contribution in [1.82, 2.24) is 4.90 Å². The Labute approximate surface area is 106 Å². The Balaban J connectivity index is 1.99. The molecular formula is C13H19NO4. The molecule has 1 saturated heterocycles. The van der Waals surface area contributed by atoms with Gasteiger partial charge in [0.2, 0.25) is 5.76 Å². The van der Waals surface area contributed by atoms with Crippen LogP contribution in [0.5, 0.6) is 0 Å². The zero-order valence-electron chi connectivity index (χ0n) is 10.7. The fraction of sp³-hybridized carbons (Fsp3) is 0.615. The third-order valence-corrected chi connectivity index (χ3v) is 3.50. The number of hydrogen-bond donors (Lipinski definition) is 2. The molecule has 0 radical (unpaired) electrons. The molecule has 0 aliphatic carbocycles. The second-order valence-corrected chi connectivity index (χ2v) is 5.57. The number of aliphatic hydroxyl groups is 1. The van der Waals surface area contributed by atoms with Crippen LogP contribution in [-0.4, -0.2) is 40.3 Å². The molecule has 0 bridgehead atoms. The molecule has 1 atom stereocenters. The van der Waals surface area contributed by atoms with Crippen LogP contribution in [0.25, 0.3) is 0 Å². The van der Waals surface area contributed by atoms with Crippen LogP contribution in [0.2, 0.25) is 0 Å². The van der Waals surface area contributed by atoms with E-state index in [-0.39, 0.29) is 17.3 Å². The number of furan rings is 1. The Hall–Kier alpha value is -1.33. The number of aromatic carboxylic acids is 1. The molecule has 5 nitrogen and oxygen atoms in total. The average Bonchev–Trinajstić information content (AvgIpc) is 2.72. The number of piperidine rings is 1. The maximum Gasteiger partial charge on any atom is 0.371 e. The first-order valence-electron chi connectivity index (χ1n) is 6.11. The molecule has 5 heteroatoms. The molecule has 1 unspecified atom stereocenters. The summed E-state index contributed by atoms with van der Waals surface area (Å²) in [5.41, 5.74) is -0.138. The van der Waals surface area contributed by atoms with Gasteiger partial charge in [-0.15, -0.1) is 0 Å². The summed E-state index contributed by atoms with van der Waals surface area (Å²) in [4.78, 5) is 12.9. The van der Waals surface area contributed by atoms with Crippen LogP contribution in [0, 0.1) is 5.41 Å². The molecule has 1 aromatic heterocycles. The Kier molecular flexibility index (Phi) is 3.45. The third kappa shape index (κ3) is 2.73. The van der Waals surface area contributed by atoms with E-state index in [2.05, 4.69) is 4.90 Å². The SMILES string of the molecule is CC1(C)CN(Cc2ccc(C(=O)O)o2)CCC1O. The molecule has 0 amide bonds. The number of likely N-dealkylation sites (tertiary alicyclic amines) is 1. The molecule has 18 heavy (non-hydrogen) atoms. The van der Waals surface area contributed by atoms with Gasteiger partial charge in [-0.2, -0.15) is 0 Å². The molecule has 0 aromatic carbocycles. The minimum atomic E-state index is -1.05. The van der Waals surface area contributed by atoms with E-state index in [9.17, 15) is 9.90 Å². The third-order valence-electron chi connectivity index (χ3n) is 3.50. The Morgan fingerprint density at radius 1 is 1.56 bits per heavy atom. The van der Waals surface area contributed by atoms with E-state index < -0.39 is 5.97 Å². The summed E-state index contributed by atoms with van der Waals surface area (Å²) in [5.74, 6) is -0.420. The maximum absolute atomic E-state index is 10.7. The highest BCUT2D eigenvalue weighted by atomic mass is 16.4. The standard InChI is InChI=1S/C13H19NO4/c1-13(2)8-14(6-5-11(13)15)7-9-3-4-10(18-9)12(16)17/h3-4,11,15H,5-8H2,1-2H3,(H,16,17). The van der Waals surface area contributed by atoms with Crippen molar-refractivity contribution in [2.75, 3.05) is 13.1 Å². The summed E-state index contributed by atoms with van der Waals surface area (Å²) in [6.45, 7) is 6.23. The van der Waals surface area contributed by atoms with Gasteiger partial charge in [-0.25, -0.2) is 4.79 Å². The lowest BCUT2D eigenvalue weighted by Crippen LogP contribution is -2.48. The predicted octanol–water partition coefficient (Wildman–Crippen LogP) is 1.57. The maximum atomic E-state index is 10.7. The highest BCUT2D eigenvalue weighted by molar-refractivity contribution is 5.84. The van der Waals surface area contributed by atoms with Crippen molar-refractivity contribution in [3.63, 3.8) is 0 Å². The van der Waals surface area contributed by atoms with Crippen molar-refractivity contribution in [1.29, 1.82) is 0 Å². The minimum Gasteiger partial charge on any atom is -0.475 e. The van der Waals surface area contributed by atoms with Crippen molar-refractivity contribution >= 4 is 5.97 Å². The van der Waals surface area contributed by atoms with Gasteiger partial charge in [0, 0.05) is 18.5 Å². The van der Waals surface area contributed by atoms with E-state index in [1.165, 1.54) is 6.07 Å². The fourth-order valence-corrected chi connectivity index (χ4v) is 2.39. The van der Waals surface area contributed by atoms with Crippen LogP contribution in [0.4, 0.5) is 0 Å². The van der Waals surface area contributed by atoms with E-state index in [0.29, 0.717) is 12.3 Å². The van der Waals surface area contributed by atoms with E-state index in [0.717, 1.165) is 19.5 Å². The number of aliphatic hydroxyl groups excluding tert-OH is 1. The molecule has 1 aromatic rings. The summed E-state index contributed by atoms with van der Waals surface area (Å²) < 4.78 is 5.24. The van der Waals surface area contributed by atoms with E-state index in [1.807, 2.05) is 13.8 Å². The van der Waals surface area contributed by atoms with Gasteiger partial charge in [0.15, 0.2) is 0 Å². The molecule has 100 valence electrons. The highest BCUT2D eigenvalue weighted by Crippen LogP contribution is 2.30. The smallest absolute Gasteiger partial charge is 0.371 e. The number of carboxylic acids is 1. The first kappa shape index (κ1) is 13.1. The minimum absolute atomic E-state index is 0.0266. The number of carboxylic acid groups (broad SMARTS) is 1. The predicted molar refractivity (Wildman–Crippen MR) is 65.3 cm³/mol. The van der Waals surface area contributed by atoms with Gasteiger partial charge >= 0.3 is 5.97 Å². The summed E-state index contributed by atoms with van der Waals surface area (Å²) in [5, 5.41) is 18.7. The van der Waals surface area contributed by atoms with Gasteiger partial charge in [-0.3, -0.25) is 4.90 Å². The normalized spacial score (nSPS) is 24.1. The van der Waals surface area contributed by atoms with E-state index >= 15 is 0 Å². The second kappa shape index (κ2) is 4.74. The first-order valence-corrected chi connectivity index (χ1v) is 6.11. The topological polar surface area (TPSA) is 73.9 Å². The number of rotatable bonds is 3. The zero-order chi connectivity index (χ0) is 13.3. The second-order valence-electron chi connectivity index (χ2n) is 5.57. The van der Waals surface area contributed by atoms with Crippen molar-refractivity contribution in [2.24, 2.45) is 5.41 Å². The van der Waals surface area contributed by atoms with E-state index in [1.54, 1.807) is 6.07 Å². The van der Waals surface area contributed by atoms with E-state index in [4.69, 9.17) is 9.52 Å². The summed E-state index contributed by atoms with van der Waals surface area (Å²) in [7, 11) is 0. The van der Waals surface area contributed by atoms with Crippen molar-refractivity contribution in [3.8, 4) is 0 Å². The van der Waals surface area contributed by atoms with Crippen LogP contribution in [0.15, 0.2) is 16.5 Å². The molecule has 1 fully saturated rings. The van der Waals surface area contributed by atoms with Gasteiger partial charge in [-0.1, -0.05) is 13.8 Å². The van der Waals surface area contributed by atoms with Crippen LogP contribution >= 0.6 is 0 Å².